The second-order valence-electron chi connectivity index (χ2n) is 8.22. The fourth-order valence-electron chi connectivity index (χ4n) is 4.87. The van der Waals surface area contributed by atoms with E-state index < -0.39 is 0 Å². The van der Waals surface area contributed by atoms with Crippen molar-refractivity contribution in [1.82, 2.24) is 9.80 Å². The van der Waals surface area contributed by atoms with Gasteiger partial charge in [0.25, 0.3) is 0 Å². The van der Waals surface area contributed by atoms with Crippen LogP contribution in [0.2, 0.25) is 0 Å². The van der Waals surface area contributed by atoms with Crippen molar-refractivity contribution in [2.24, 2.45) is 5.92 Å². The van der Waals surface area contributed by atoms with Crippen LogP contribution in [0.5, 0.6) is 0 Å². The third kappa shape index (κ3) is 3.88. The number of carbonyl (C=O) groups is 2. The van der Waals surface area contributed by atoms with Crippen LogP contribution in [0.15, 0.2) is 24.3 Å². The molecule has 5 nitrogen and oxygen atoms in total. The second-order valence-corrected chi connectivity index (χ2v) is 8.22. The van der Waals surface area contributed by atoms with E-state index in [-0.39, 0.29) is 17.7 Å². The number of rotatable bonds is 4. The number of aryl methyl sites for hydroxylation is 1. The maximum atomic E-state index is 13.0. The Balaban J connectivity index is 1.33. The van der Waals surface area contributed by atoms with E-state index >= 15 is 0 Å². The van der Waals surface area contributed by atoms with E-state index in [2.05, 4.69) is 24.0 Å². The van der Waals surface area contributed by atoms with Gasteiger partial charge in [0.1, 0.15) is 0 Å². The molecule has 4 rings (SSSR count). The number of hydrogen-bond acceptors (Lipinski definition) is 3. The van der Waals surface area contributed by atoms with Crippen LogP contribution in [0.1, 0.15) is 44.6 Å². The van der Waals surface area contributed by atoms with Gasteiger partial charge in [-0.25, -0.2) is 0 Å². The molecule has 2 heterocycles. The average Bonchev–Trinajstić information content (AvgIpc) is 3.38. The SMILES string of the molecule is CCc1ccc(N2C[C@@H](C(=O)N3CCN(C4CCCC4)CC3)CC2=O)cc1. The molecule has 0 aromatic heterocycles. The van der Waals surface area contributed by atoms with Crippen molar-refractivity contribution in [2.45, 2.75) is 51.5 Å². The zero-order chi connectivity index (χ0) is 18.8. The Hall–Kier alpha value is -1.88. The topological polar surface area (TPSA) is 43.9 Å². The van der Waals surface area contributed by atoms with Crippen LogP contribution in [0.25, 0.3) is 0 Å². The summed E-state index contributed by atoms with van der Waals surface area (Å²) in [6.45, 7) is 6.23. The molecule has 1 aromatic carbocycles. The number of amides is 2. The van der Waals surface area contributed by atoms with Gasteiger partial charge >= 0.3 is 0 Å². The molecule has 1 saturated carbocycles. The lowest BCUT2D eigenvalue weighted by Crippen LogP contribution is -2.52. The Morgan fingerprint density at radius 2 is 1.70 bits per heavy atom. The van der Waals surface area contributed by atoms with Crippen LogP contribution in [-0.4, -0.2) is 60.4 Å². The third-order valence-corrected chi connectivity index (χ3v) is 6.60. The molecule has 0 radical (unpaired) electrons. The first kappa shape index (κ1) is 18.5. The fraction of sp³-hybridized carbons (Fsp3) is 0.636. The molecule has 1 aromatic rings. The predicted molar refractivity (Wildman–Crippen MR) is 107 cm³/mol. The largest absolute Gasteiger partial charge is 0.340 e. The first-order valence-electron chi connectivity index (χ1n) is 10.6. The lowest BCUT2D eigenvalue weighted by Gasteiger charge is -2.38. The Bertz CT molecular complexity index is 673. The smallest absolute Gasteiger partial charge is 0.228 e. The Labute approximate surface area is 162 Å². The fourth-order valence-corrected chi connectivity index (χ4v) is 4.87. The molecule has 27 heavy (non-hydrogen) atoms. The molecule has 0 bridgehead atoms. The summed E-state index contributed by atoms with van der Waals surface area (Å²) in [5, 5.41) is 0. The van der Waals surface area contributed by atoms with Gasteiger partial charge in [-0.2, -0.15) is 0 Å². The van der Waals surface area contributed by atoms with Gasteiger partial charge in [0, 0.05) is 50.9 Å². The van der Waals surface area contributed by atoms with Crippen LogP contribution >= 0.6 is 0 Å². The highest BCUT2D eigenvalue weighted by Crippen LogP contribution is 2.28. The summed E-state index contributed by atoms with van der Waals surface area (Å²) in [7, 11) is 0. The quantitative estimate of drug-likeness (QED) is 0.820. The number of hydrogen-bond donors (Lipinski definition) is 0. The molecule has 2 aliphatic heterocycles. The van der Waals surface area contributed by atoms with Crippen molar-refractivity contribution in [3.63, 3.8) is 0 Å². The van der Waals surface area contributed by atoms with Crippen molar-refractivity contribution in [3.05, 3.63) is 29.8 Å². The first-order valence-corrected chi connectivity index (χ1v) is 10.6. The Kier molecular flexibility index (Phi) is 5.48. The summed E-state index contributed by atoms with van der Waals surface area (Å²) < 4.78 is 0. The van der Waals surface area contributed by atoms with E-state index in [1.807, 2.05) is 17.0 Å². The normalized spacial score (nSPS) is 24.8. The summed E-state index contributed by atoms with van der Waals surface area (Å²) in [6, 6.07) is 8.88. The number of nitrogens with zero attached hydrogens (tertiary/aromatic N) is 3. The molecule has 1 atom stereocenters. The molecule has 5 heteroatoms. The van der Waals surface area contributed by atoms with Crippen LogP contribution in [0.4, 0.5) is 5.69 Å². The molecular formula is C22H31N3O2. The summed E-state index contributed by atoms with van der Waals surface area (Å²) in [6.07, 6.45) is 6.67. The Morgan fingerprint density at radius 3 is 2.33 bits per heavy atom. The van der Waals surface area contributed by atoms with Crippen molar-refractivity contribution in [3.8, 4) is 0 Å². The van der Waals surface area contributed by atoms with Crippen molar-refractivity contribution < 1.29 is 9.59 Å². The molecule has 0 N–H and O–H groups in total. The number of carbonyl (C=O) groups excluding carboxylic acids is 2. The maximum absolute atomic E-state index is 13.0. The van der Waals surface area contributed by atoms with Gasteiger partial charge in [-0.3, -0.25) is 14.5 Å². The number of anilines is 1. The zero-order valence-corrected chi connectivity index (χ0v) is 16.4. The van der Waals surface area contributed by atoms with E-state index in [9.17, 15) is 9.59 Å². The van der Waals surface area contributed by atoms with Crippen LogP contribution in [-0.2, 0) is 16.0 Å². The summed E-state index contributed by atoms with van der Waals surface area (Å²) in [4.78, 5) is 31.8. The molecule has 2 saturated heterocycles. The summed E-state index contributed by atoms with van der Waals surface area (Å²) in [5.41, 5.74) is 2.18. The molecule has 1 aliphatic carbocycles. The van der Waals surface area contributed by atoms with E-state index in [0.717, 1.165) is 44.3 Å². The molecule has 2 amide bonds. The number of piperazine rings is 1. The lowest BCUT2D eigenvalue weighted by molar-refractivity contribution is -0.137. The monoisotopic (exact) mass is 369 g/mol. The van der Waals surface area contributed by atoms with Crippen LogP contribution in [0.3, 0.4) is 0 Å². The van der Waals surface area contributed by atoms with Crippen LogP contribution in [0, 0.1) is 5.92 Å². The predicted octanol–water partition coefficient (Wildman–Crippen LogP) is 2.69. The molecule has 3 aliphatic rings. The molecular weight excluding hydrogens is 338 g/mol. The van der Waals surface area contributed by atoms with E-state index in [1.165, 1.54) is 31.2 Å². The molecule has 3 fully saturated rings. The standard InChI is InChI=1S/C22H31N3O2/c1-2-17-7-9-20(10-8-17)25-16-18(15-21(25)26)22(27)24-13-11-23(12-14-24)19-5-3-4-6-19/h7-10,18-19H,2-6,11-16H2,1H3/t18-/m0/s1. The second kappa shape index (κ2) is 8.01. The zero-order valence-electron chi connectivity index (χ0n) is 16.4. The summed E-state index contributed by atoms with van der Waals surface area (Å²) >= 11 is 0. The minimum absolute atomic E-state index is 0.0715. The molecule has 0 spiro atoms. The first-order chi connectivity index (χ1) is 13.2. The van der Waals surface area contributed by atoms with Gasteiger partial charge in [0.15, 0.2) is 0 Å². The number of benzene rings is 1. The highest BCUT2D eigenvalue weighted by atomic mass is 16.2. The molecule has 0 unspecified atom stereocenters. The van der Waals surface area contributed by atoms with Crippen LogP contribution < -0.4 is 4.90 Å². The minimum atomic E-state index is -0.193. The van der Waals surface area contributed by atoms with E-state index in [1.54, 1.807) is 4.90 Å². The van der Waals surface area contributed by atoms with Gasteiger partial charge in [-0.15, -0.1) is 0 Å². The molecule has 146 valence electrons. The highest BCUT2D eigenvalue weighted by molar-refractivity contribution is 6.00. The van der Waals surface area contributed by atoms with Crippen molar-refractivity contribution in [2.75, 3.05) is 37.6 Å². The maximum Gasteiger partial charge on any atom is 0.228 e. The Morgan fingerprint density at radius 1 is 1.04 bits per heavy atom. The van der Waals surface area contributed by atoms with Gasteiger partial charge in [-0.05, 0) is 37.0 Å². The highest BCUT2D eigenvalue weighted by Gasteiger charge is 2.38. The van der Waals surface area contributed by atoms with Crippen molar-refractivity contribution >= 4 is 17.5 Å². The van der Waals surface area contributed by atoms with Gasteiger partial charge in [-0.1, -0.05) is 31.9 Å². The van der Waals surface area contributed by atoms with E-state index in [4.69, 9.17) is 0 Å². The van der Waals surface area contributed by atoms with Gasteiger partial charge in [0.2, 0.25) is 11.8 Å². The lowest BCUT2D eigenvalue weighted by atomic mass is 10.1. The minimum Gasteiger partial charge on any atom is -0.340 e. The third-order valence-electron chi connectivity index (χ3n) is 6.60. The van der Waals surface area contributed by atoms with Gasteiger partial charge in [0.05, 0.1) is 5.92 Å². The van der Waals surface area contributed by atoms with Crippen molar-refractivity contribution in [1.29, 1.82) is 0 Å². The average molecular weight is 370 g/mol. The summed E-state index contributed by atoms with van der Waals surface area (Å²) in [5.74, 6) is 0.0469. The van der Waals surface area contributed by atoms with E-state index in [0.29, 0.717) is 13.0 Å². The van der Waals surface area contributed by atoms with Gasteiger partial charge < -0.3 is 9.80 Å².